The molecule has 8 heteroatoms. The van der Waals surface area contributed by atoms with Crippen LogP contribution < -0.4 is 10.1 Å². The van der Waals surface area contributed by atoms with Gasteiger partial charge in [-0.15, -0.1) is 0 Å². The maximum atomic E-state index is 13.8. The molecule has 2 aromatic heterocycles. The highest BCUT2D eigenvalue weighted by Crippen LogP contribution is 2.32. The zero-order valence-corrected chi connectivity index (χ0v) is 18.6. The topological polar surface area (TPSA) is 83.1 Å². The second kappa shape index (κ2) is 10.2. The Morgan fingerprint density at radius 3 is 2.85 bits per heavy atom. The quantitative estimate of drug-likeness (QED) is 0.405. The van der Waals surface area contributed by atoms with Crippen LogP contribution in [0.1, 0.15) is 22.8 Å². The molecule has 0 fully saturated rings. The third kappa shape index (κ3) is 5.01. The van der Waals surface area contributed by atoms with Crippen molar-refractivity contribution in [3.63, 3.8) is 0 Å². The van der Waals surface area contributed by atoms with Gasteiger partial charge in [-0.1, -0.05) is 12.1 Å². The van der Waals surface area contributed by atoms with Gasteiger partial charge in [-0.2, -0.15) is 5.10 Å². The largest absolute Gasteiger partial charge is 0.493 e. The number of nitrogens with zero attached hydrogens (tertiary/aromatic N) is 3. The molecule has 0 bridgehead atoms. The number of halogens is 1. The summed E-state index contributed by atoms with van der Waals surface area (Å²) in [5.74, 6) is 0.0864. The first-order valence-electron chi connectivity index (χ1n) is 10.8. The van der Waals surface area contributed by atoms with Gasteiger partial charge in [0.1, 0.15) is 11.6 Å². The van der Waals surface area contributed by atoms with Gasteiger partial charge in [0.2, 0.25) is 0 Å². The van der Waals surface area contributed by atoms with Crippen LogP contribution >= 0.6 is 0 Å². The van der Waals surface area contributed by atoms with Gasteiger partial charge >= 0.3 is 0 Å². The number of carbonyl (C=O) groups is 1. The van der Waals surface area contributed by atoms with E-state index in [9.17, 15) is 9.18 Å². The van der Waals surface area contributed by atoms with Gasteiger partial charge in [0.15, 0.2) is 0 Å². The van der Waals surface area contributed by atoms with E-state index in [1.54, 1.807) is 47.8 Å². The molecule has 0 spiro atoms. The number of hydrogen-bond donors (Lipinski definition) is 2. The van der Waals surface area contributed by atoms with Crippen molar-refractivity contribution >= 4 is 16.8 Å². The summed E-state index contributed by atoms with van der Waals surface area (Å²) in [5, 5.41) is 11.1. The Labute approximate surface area is 191 Å². The minimum absolute atomic E-state index is 0.131. The van der Waals surface area contributed by atoms with Crippen LogP contribution in [-0.2, 0) is 6.54 Å². The molecule has 0 saturated carbocycles. The summed E-state index contributed by atoms with van der Waals surface area (Å²) in [4.78, 5) is 19.6. The van der Waals surface area contributed by atoms with Crippen molar-refractivity contribution in [1.29, 1.82) is 0 Å². The van der Waals surface area contributed by atoms with E-state index in [0.29, 0.717) is 43.1 Å². The van der Waals surface area contributed by atoms with Gasteiger partial charge in [-0.05, 0) is 49.9 Å². The fourth-order valence-corrected chi connectivity index (χ4v) is 3.75. The second-order valence-electron chi connectivity index (χ2n) is 7.62. The molecule has 2 aromatic carbocycles. The maximum absolute atomic E-state index is 13.8. The van der Waals surface area contributed by atoms with Gasteiger partial charge in [0.25, 0.3) is 5.91 Å². The van der Waals surface area contributed by atoms with Crippen molar-refractivity contribution in [1.82, 2.24) is 25.4 Å². The predicted octanol–water partition coefficient (Wildman–Crippen LogP) is 4.02. The first-order chi connectivity index (χ1) is 16.1. The number of nitrogens with one attached hydrogen (secondary N) is 2. The van der Waals surface area contributed by atoms with Crippen LogP contribution in [-0.4, -0.2) is 52.7 Å². The molecule has 170 valence electrons. The highest BCUT2D eigenvalue weighted by atomic mass is 19.1. The molecule has 4 rings (SSSR count). The molecule has 2 heterocycles. The Morgan fingerprint density at radius 1 is 1.18 bits per heavy atom. The van der Waals surface area contributed by atoms with Gasteiger partial charge in [0, 0.05) is 54.1 Å². The molecule has 0 radical (unpaired) electrons. The molecule has 0 aliphatic rings. The lowest BCUT2D eigenvalue weighted by Crippen LogP contribution is -2.35. The number of likely N-dealkylation sites (N-methyl/N-ethyl adjacent to an activating group) is 1. The minimum atomic E-state index is -0.324. The standard InChI is InChI=1S/C25H26FN5O2/c1-3-33-23-12-18(7-8-22(23)17-5-4-6-21(26)11-17)25(32)31(10-9-27-2)16-20-14-28-13-19-15-29-30-24(19)20/h4-8,11-15,27H,3,9-10,16H2,1-2H3,(H,29,30). The molecular weight excluding hydrogens is 421 g/mol. The number of rotatable bonds is 9. The summed E-state index contributed by atoms with van der Waals surface area (Å²) in [5.41, 5.74) is 3.68. The molecule has 0 aliphatic carbocycles. The van der Waals surface area contributed by atoms with Gasteiger partial charge in [0.05, 0.1) is 18.3 Å². The first kappa shape index (κ1) is 22.4. The van der Waals surface area contributed by atoms with Crippen LogP contribution in [0.3, 0.4) is 0 Å². The third-order valence-corrected chi connectivity index (χ3v) is 5.38. The van der Waals surface area contributed by atoms with E-state index in [2.05, 4.69) is 20.5 Å². The van der Waals surface area contributed by atoms with Crippen molar-refractivity contribution < 1.29 is 13.9 Å². The SMILES string of the molecule is CCOc1cc(C(=O)N(CCNC)Cc2cncc3cn[nH]c23)ccc1-c1cccc(F)c1. The monoisotopic (exact) mass is 447 g/mol. The predicted molar refractivity (Wildman–Crippen MR) is 126 cm³/mol. The minimum Gasteiger partial charge on any atom is -0.493 e. The molecular formula is C25H26FN5O2. The summed E-state index contributed by atoms with van der Waals surface area (Å²) in [6, 6.07) is 11.6. The number of carbonyl (C=O) groups excluding carboxylic acids is 1. The van der Waals surface area contributed by atoms with Gasteiger partial charge in [-0.3, -0.25) is 14.9 Å². The van der Waals surface area contributed by atoms with E-state index in [4.69, 9.17) is 4.74 Å². The summed E-state index contributed by atoms with van der Waals surface area (Å²) < 4.78 is 19.6. The Balaban J connectivity index is 1.66. The lowest BCUT2D eigenvalue weighted by Gasteiger charge is -2.23. The highest BCUT2D eigenvalue weighted by Gasteiger charge is 2.20. The van der Waals surface area contributed by atoms with Crippen LogP contribution in [0.25, 0.3) is 22.0 Å². The summed E-state index contributed by atoms with van der Waals surface area (Å²) in [6.45, 7) is 3.83. The van der Waals surface area contributed by atoms with Crippen LogP contribution in [0.5, 0.6) is 5.75 Å². The number of benzene rings is 2. The molecule has 4 aromatic rings. The van der Waals surface area contributed by atoms with E-state index in [-0.39, 0.29) is 11.7 Å². The number of pyridine rings is 1. The smallest absolute Gasteiger partial charge is 0.254 e. The molecule has 1 amide bonds. The van der Waals surface area contributed by atoms with E-state index >= 15 is 0 Å². The molecule has 2 N–H and O–H groups in total. The van der Waals surface area contributed by atoms with E-state index in [0.717, 1.165) is 22.0 Å². The van der Waals surface area contributed by atoms with E-state index < -0.39 is 0 Å². The van der Waals surface area contributed by atoms with E-state index in [1.807, 2.05) is 20.0 Å². The lowest BCUT2D eigenvalue weighted by atomic mass is 10.0. The molecule has 0 unspecified atom stereocenters. The molecule has 7 nitrogen and oxygen atoms in total. The van der Waals surface area contributed by atoms with E-state index in [1.165, 1.54) is 12.1 Å². The Bertz CT molecular complexity index is 1260. The molecule has 0 aliphatic heterocycles. The number of hydrogen-bond acceptors (Lipinski definition) is 5. The summed E-state index contributed by atoms with van der Waals surface area (Å²) >= 11 is 0. The van der Waals surface area contributed by atoms with Crippen LogP contribution in [0, 0.1) is 5.82 Å². The van der Waals surface area contributed by atoms with Crippen molar-refractivity contribution in [3.8, 4) is 16.9 Å². The molecule has 33 heavy (non-hydrogen) atoms. The first-order valence-corrected chi connectivity index (χ1v) is 10.8. The third-order valence-electron chi connectivity index (χ3n) is 5.38. The number of amides is 1. The summed E-state index contributed by atoms with van der Waals surface area (Å²) in [6.07, 6.45) is 5.20. The average molecular weight is 448 g/mol. The Kier molecular flexibility index (Phi) is 6.95. The van der Waals surface area contributed by atoms with Gasteiger partial charge in [-0.25, -0.2) is 4.39 Å². The number of ether oxygens (including phenoxy) is 1. The number of aromatic amines is 1. The Hall–Kier alpha value is -3.78. The van der Waals surface area contributed by atoms with Crippen LogP contribution in [0.4, 0.5) is 4.39 Å². The average Bonchev–Trinajstić information content (AvgIpc) is 3.31. The maximum Gasteiger partial charge on any atom is 0.254 e. The van der Waals surface area contributed by atoms with Gasteiger partial charge < -0.3 is 15.0 Å². The van der Waals surface area contributed by atoms with Crippen molar-refractivity contribution in [2.24, 2.45) is 0 Å². The van der Waals surface area contributed by atoms with Crippen molar-refractivity contribution in [3.05, 3.63) is 78.0 Å². The molecule has 0 atom stereocenters. The normalized spacial score (nSPS) is 11.0. The summed E-state index contributed by atoms with van der Waals surface area (Å²) in [7, 11) is 1.85. The second-order valence-corrected chi connectivity index (χ2v) is 7.62. The lowest BCUT2D eigenvalue weighted by molar-refractivity contribution is 0.0745. The highest BCUT2D eigenvalue weighted by molar-refractivity contribution is 5.96. The zero-order chi connectivity index (χ0) is 23.2. The number of H-pyrrole nitrogens is 1. The van der Waals surface area contributed by atoms with Crippen LogP contribution in [0.2, 0.25) is 0 Å². The Morgan fingerprint density at radius 2 is 2.06 bits per heavy atom. The van der Waals surface area contributed by atoms with Crippen LogP contribution in [0.15, 0.2) is 61.1 Å². The fraction of sp³-hybridized carbons (Fsp3) is 0.240. The number of fused-ring (bicyclic) bond motifs is 1. The zero-order valence-electron chi connectivity index (χ0n) is 18.6. The van der Waals surface area contributed by atoms with Crippen molar-refractivity contribution in [2.75, 3.05) is 26.7 Å². The molecule has 0 saturated heterocycles. The number of aromatic nitrogens is 3. The fourth-order valence-electron chi connectivity index (χ4n) is 3.75. The van der Waals surface area contributed by atoms with Crippen molar-refractivity contribution in [2.45, 2.75) is 13.5 Å².